The number of hydrogen-bond donors (Lipinski definition) is 1. The van der Waals surface area contributed by atoms with Crippen LogP contribution in [0.15, 0.2) is 24.3 Å². The van der Waals surface area contributed by atoms with E-state index in [-0.39, 0.29) is 23.9 Å². The summed E-state index contributed by atoms with van der Waals surface area (Å²) in [7, 11) is 0. The smallest absolute Gasteiger partial charge is 0.368 e. The van der Waals surface area contributed by atoms with Crippen LogP contribution in [0.2, 0.25) is 0 Å². The molecule has 0 bridgehead atoms. The molecule has 1 aliphatic heterocycles. The molecule has 3 rings (SSSR count). The number of benzene rings is 1. The van der Waals surface area contributed by atoms with Crippen LogP contribution >= 0.6 is 0 Å². The Labute approximate surface area is 140 Å². The van der Waals surface area contributed by atoms with E-state index < -0.39 is 11.7 Å². The first-order valence-electron chi connectivity index (χ1n) is 8.59. The van der Waals surface area contributed by atoms with E-state index in [1.165, 1.54) is 12.1 Å². The number of nitrogens with zero attached hydrogens (tertiary/aromatic N) is 1. The number of amides is 1. The van der Waals surface area contributed by atoms with Crippen molar-refractivity contribution in [3.8, 4) is 0 Å². The highest BCUT2D eigenvalue weighted by Crippen LogP contribution is 2.42. The molecule has 1 heterocycles. The average Bonchev–Trinajstić information content (AvgIpc) is 3.04. The summed E-state index contributed by atoms with van der Waals surface area (Å²) in [5, 5.41) is 0. The minimum Gasteiger partial charge on any atom is -0.368 e. The molecule has 2 aliphatic rings. The van der Waals surface area contributed by atoms with Crippen molar-refractivity contribution >= 4 is 5.91 Å². The summed E-state index contributed by atoms with van der Waals surface area (Å²) >= 11 is 0. The highest BCUT2D eigenvalue weighted by Gasteiger charge is 2.39. The lowest BCUT2D eigenvalue weighted by atomic mass is 9.79. The maximum absolute atomic E-state index is 13.2. The van der Waals surface area contributed by atoms with E-state index in [1.54, 1.807) is 12.1 Å². The maximum Gasteiger partial charge on any atom is 0.416 e. The summed E-state index contributed by atoms with van der Waals surface area (Å²) in [5.41, 5.74) is 5.38. The van der Waals surface area contributed by atoms with Crippen LogP contribution in [0.1, 0.15) is 55.6 Å². The molecule has 0 radical (unpaired) electrons. The molecule has 1 aromatic rings. The molecule has 6 heteroatoms. The van der Waals surface area contributed by atoms with Crippen molar-refractivity contribution in [1.82, 2.24) is 4.90 Å². The van der Waals surface area contributed by atoms with E-state index in [9.17, 15) is 18.0 Å². The Morgan fingerprint density at radius 2 is 1.75 bits per heavy atom. The molecule has 1 aromatic carbocycles. The monoisotopic (exact) mass is 340 g/mol. The summed E-state index contributed by atoms with van der Waals surface area (Å²) < 4.78 is 39.6. The second kappa shape index (κ2) is 6.75. The summed E-state index contributed by atoms with van der Waals surface area (Å²) in [6.45, 7) is 0.863. The zero-order valence-electron chi connectivity index (χ0n) is 13.6. The van der Waals surface area contributed by atoms with Crippen molar-refractivity contribution in [2.45, 2.75) is 62.7 Å². The van der Waals surface area contributed by atoms with Gasteiger partial charge in [-0.2, -0.15) is 13.2 Å². The molecule has 0 spiro atoms. The third-order valence-electron chi connectivity index (χ3n) is 5.49. The Bertz CT molecular complexity index is 594. The van der Waals surface area contributed by atoms with Gasteiger partial charge in [0.1, 0.15) is 0 Å². The summed E-state index contributed by atoms with van der Waals surface area (Å²) in [4.78, 5) is 13.7. The number of rotatable bonds is 3. The predicted molar refractivity (Wildman–Crippen MR) is 85.4 cm³/mol. The van der Waals surface area contributed by atoms with Crippen molar-refractivity contribution in [3.05, 3.63) is 35.4 Å². The SMILES string of the molecule is NC(=O)C1CCCN1C1CCC(c2ccccc2C(F)(F)F)CC1. The highest BCUT2D eigenvalue weighted by atomic mass is 19.4. The normalized spacial score (nSPS) is 28.9. The molecule has 1 aliphatic carbocycles. The van der Waals surface area contributed by atoms with Crippen LogP contribution in [-0.4, -0.2) is 29.4 Å². The van der Waals surface area contributed by atoms with Crippen LogP contribution in [0.5, 0.6) is 0 Å². The molecule has 1 saturated heterocycles. The summed E-state index contributed by atoms with van der Waals surface area (Å²) in [5.74, 6) is -0.342. The van der Waals surface area contributed by atoms with Crippen LogP contribution in [0.4, 0.5) is 13.2 Å². The van der Waals surface area contributed by atoms with E-state index in [4.69, 9.17) is 5.73 Å². The molecular weight excluding hydrogens is 317 g/mol. The van der Waals surface area contributed by atoms with Crippen LogP contribution in [0.25, 0.3) is 0 Å². The van der Waals surface area contributed by atoms with Gasteiger partial charge in [0.2, 0.25) is 5.91 Å². The molecule has 2 N–H and O–H groups in total. The van der Waals surface area contributed by atoms with E-state index >= 15 is 0 Å². The summed E-state index contributed by atoms with van der Waals surface area (Å²) in [6.07, 6.45) is 0.539. The Balaban J connectivity index is 1.69. The lowest BCUT2D eigenvalue weighted by molar-refractivity contribution is -0.138. The van der Waals surface area contributed by atoms with E-state index in [0.29, 0.717) is 5.56 Å². The van der Waals surface area contributed by atoms with Gasteiger partial charge in [-0.1, -0.05) is 18.2 Å². The zero-order valence-corrected chi connectivity index (χ0v) is 13.6. The van der Waals surface area contributed by atoms with Gasteiger partial charge in [0.25, 0.3) is 0 Å². The number of likely N-dealkylation sites (tertiary alicyclic amines) is 1. The van der Waals surface area contributed by atoms with Gasteiger partial charge in [0, 0.05) is 6.04 Å². The molecule has 1 unspecified atom stereocenters. The Morgan fingerprint density at radius 3 is 2.38 bits per heavy atom. The fourth-order valence-corrected chi connectivity index (χ4v) is 4.36. The van der Waals surface area contributed by atoms with Gasteiger partial charge in [-0.15, -0.1) is 0 Å². The number of nitrogens with two attached hydrogens (primary N) is 1. The van der Waals surface area contributed by atoms with E-state index in [2.05, 4.69) is 4.90 Å². The molecule has 132 valence electrons. The van der Waals surface area contributed by atoms with Crippen molar-refractivity contribution in [2.24, 2.45) is 5.73 Å². The van der Waals surface area contributed by atoms with Gasteiger partial charge in [-0.25, -0.2) is 0 Å². The van der Waals surface area contributed by atoms with Gasteiger partial charge in [0.05, 0.1) is 11.6 Å². The number of carbonyl (C=O) groups excluding carboxylic acids is 1. The standard InChI is InChI=1S/C18H23F3N2O/c19-18(20,21)15-5-2-1-4-14(15)12-7-9-13(10-8-12)23-11-3-6-16(23)17(22)24/h1-2,4-5,12-13,16H,3,6-11H2,(H2,22,24). The average molecular weight is 340 g/mol. The first-order valence-corrected chi connectivity index (χ1v) is 8.59. The van der Waals surface area contributed by atoms with E-state index in [1.807, 2.05) is 0 Å². The van der Waals surface area contributed by atoms with Gasteiger partial charge < -0.3 is 5.73 Å². The van der Waals surface area contributed by atoms with Crippen molar-refractivity contribution < 1.29 is 18.0 Å². The van der Waals surface area contributed by atoms with E-state index in [0.717, 1.165) is 45.1 Å². The minimum atomic E-state index is -4.31. The fraction of sp³-hybridized carbons (Fsp3) is 0.611. The first kappa shape index (κ1) is 17.3. The number of alkyl halides is 3. The first-order chi connectivity index (χ1) is 11.4. The molecule has 1 atom stereocenters. The molecule has 2 fully saturated rings. The molecule has 1 amide bonds. The Morgan fingerprint density at radius 1 is 1.08 bits per heavy atom. The molecule has 24 heavy (non-hydrogen) atoms. The molecule has 1 saturated carbocycles. The Kier molecular flexibility index (Phi) is 4.85. The largest absolute Gasteiger partial charge is 0.416 e. The van der Waals surface area contributed by atoms with Crippen LogP contribution in [0, 0.1) is 0 Å². The van der Waals surface area contributed by atoms with Crippen LogP contribution < -0.4 is 5.73 Å². The third kappa shape index (κ3) is 3.43. The minimum absolute atomic E-state index is 0.0614. The quantitative estimate of drug-likeness (QED) is 0.912. The summed E-state index contributed by atoms with van der Waals surface area (Å²) in [6, 6.07) is 5.97. The van der Waals surface area contributed by atoms with Crippen molar-refractivity contribution in [1.29, 1.82) is 0 Å². The lowest BCUT2D eigenvalue weighted by Crippen LogP contribution is -2.47. The van der Waals surface area contributed by atoms with Crippen molar-refractivity contribution in [3.63, 3.8) is 0 Å². The molecular formula is C18H23F3N2O. The second-order valence-electron chi connectivity index (χ2n) is 6.89. The highest BCUT2D eigenvalue weighted by molar-refractivity contribution is 5.80. The van der Waals surface area contributed by atoms with Crippen LogP contribution in [-0.2, 0) is 11.0 Å². The number of primary amides is 1. The lowest BCUT2D eigenvalue weighted by Gasteiger charge is -2.37. The topological polar surface area (TPSA) is 46.3 Å². The van der Waals surface area contributed by atoms with Gasteiger partial charge in [0.15, 0.2) is 0 Å². The number of hydrogen-bond acceptors (Lipinski definition) is 2. The number of carbonyl (C=O) groups is 1. The predicted octanol–water partition coefficient (Wildman–Crippen LogP) is 3.68. The van der Waals surface area contributed by atoms with Gasteiger partial charge in [-0.3, -0.25) is 9.69 Å². The maximum atomic E-state index is 13.2. The van der Waals surface area contributed by atoms with Crippen molar-refractivity contribution in [2.75, 3.05) is 6.54 Å². The zero-order chi connectivity index (χ0) is 17.3. The van der Waals surface area contributed by atoms with Gasteiger partial charge in [-0.05, 0) is 62.6 Å². The van der Waals surface area contributed by atoms with Gasteiger partial charge >= 0.3 is 6.18 Å². The molecule has 0 aromatic heterocycles. The third-order valence-corrected chi connectivity index (χ3v) is 5.49. The Hall–Kier alpha value is -1.56. The number of halogens is 3. The second-order valence-corrected chi connectivity index (χ2v) is 6.89. The van der Waals surface area contributed by atoms with Crippen LogP contribution in [0.3, 0.4) is 0 Å². The fourth-order valence-electron chi connectivity index (χ4n) is 4.36. The molecule has 3 nitrogen and oxygen atoms in total.